The van der Waals surface area contributed by atoms with Crippen molar-refractivity contribution in [1.29, 1.82) is 5.26 Å². The second kappa shape index (κ2) is 7.04. The molecule has 7 heteroatoms. The van der Waals surface area contributed by atoms with Crippen molar-refractivity contribution < 1.29 is 8.42 Å². The quantitative estimate of drug-likeness (QED) is 0.884. The van der Waals surface area contributed by atoms with Crippen LogP contribution in [0.3, 0.4) is 0 Å². The molecule has 0 radical (unpaired) electrons. The summed E-state index contributed by atoms with van der Waals surface area (Å²) in [5, 5.41) is 8.69. The van der Waals surface area contributed by atoms with E-state index in [0.29, 0.717) is 5.56 Å². The summed E-state index contributed by atoms with van der Waals surface area (Å²) in [6, 6.07) is 8.03. The SMILES string of the molecule is Cl.N#Cc1ccc(S(=O)(=O)NC2CCC(N)CC2)cc1. The monoisotopic (exact) mass is 315 g/mol. The lowest BCUT2D eigenvalue weighted by Gasteiger charge is -2.26. The summed E-state index contributed by atoms with van der Waals surface area (Å²) >= 11 is 0. The fraction of sp³-hybridized carbons (Fsp3) is 0.462. The molecule has 1 fully saturated rings. The maximum atomic E-state index is 12.2. The molecule has 0 unspecified atom stereocenters. The van der Waals surface area contributed by atoms with E-state index in [2.05, 4.69) is 4.72 Å². The molecule has 1 aliphatic carbocycles. The smallest absolute Gasteiger partial charge is 0.240 e. The van der Waals surface area contributed by atoms with Crippen LogP contribution in [0.5, 0.6) is 0 Å². The summed E-state index contributed by atoms with van der Waals surface area (Å²) in [5.41, 5.74) is 6.24. The van der Waals surface area contributed by atoms with Gasteiger partial charge < -0.3 is 5.73 Å². The molecule has 110 valence electrons. The van der Waals surface area contributed by atoms with Gasteiger partial charge in [0.2, 0.25) is 10.0 Å². The van der Waals surface area contributed by atoms with E-state index >= 15 is 0 Å². The van der Waals surface area contributed by atoms with Crippen LogP contribution in [0, 0.1) is 11.3 Å². The first kappa shape index (κ1) is 16.9. The van der Waals surface area contributed by atoms with Crippen LogP contribution in [0.25, 0.3) is 0 Å². The fourth-order valence-corrected chi connectivity index (χ4v) is 3.54. The van der Waals surface area contributed by atoms with Gasteiger partial charge in [-0.3, -0.25) is 0 Å². The molecule has 0 spiro atoms. The third-order valence-electron chi connectivity index (χ3n) is 3.39. The number of hydrogen-bond donors (Lipinski definition) is 2. The molecule has 2 rings (SSSR count). The van der Waals surface area contributed by atoms with Gasteiger partial charge in [-0.05, 0) is 49.9 Å². The van der Waals surface area contributed by atoms with Crippen molar-refractivity contribution >= 4 is 22.4 Å². The summed E-state index contributed by atoms with van der Waals surface area (Å²) in [6.45, 7) is 0. The fourth-order valence-electron chi connectivity index (χ4n) is 2.23. The number of hydrogen-bond acceptors (Lipinski definition) is 4. The van der Waals surface area contributed by atoms with Crippen molar-refractivity contribution in [3.8, 4) is 6.07 Å². The molecule has 0 atom stereocenters. The Hall–Kier alpha value is -1.13. The van der Waals surface area contributed by atoms with Crippen LogP contribution >= 0.6 is 12.4 Å². The molecule has 1 aliphatic rings. The molecule has 0 bridgehead atoms. The zero-order valence-electron chi connectivity index (χ0n) is 11.0. The van der Waals surface area contributed by atoms with Gasteiger partial charge in [0.15, 0.2) is 0 Å². The van der Waals surface area contributed by atoms with Crippen molar-refractivity contribution in [2.24, 2.45) is 5.73 Å². The van der Waals surface area contributed by atoms with E-state index in [1.165, 1.54) is 24.3 Å². The van der Waals surface area contributed by atoms with E-state index in [1.54, 1.807) is 0 Å². The van der Waals surface area contributed by atoms with Crippen molar-refractivity contribution in [3.63, 3.8) is 0 Å². The van der Waals surface area contributed by atoms with Gasteiger partial charge in [-0.2, -0.15) is 5.26 Å². The van der Waals surface area contributed by atoms with Crippen LogP contribution in [0.1, 0.15) is 31.2 Å². The first-order valence-corrected chi connectivity index (χ1v) is 7.77. The molecule has 1 aromatic rings. The Morgan fingerprint density at radius 2 is 1.70 bits per heavy atom. The lowest BCUT2D eigenvalue weighted by Crippen LogP contribution is -2.40. The molecule has 20 heavy (non-hydrogen) atoms. The van der Waals surface area contributed by atoms with E-state index in [9.17, 15) is 8.42 Å². The molecule has 0 heterocycles. The average molecular weight is 316 g/mol. The number of halogens is 1. The topological polar surface area (TPSA) is 96.0 Å². The van der Waals surface area contributed by atoms with E-state index in [0.717, 1.165) is 25.7 Å². The average Bonchev–Trinajstić information content (AvgIpc) is 2.41. The summed E-state index contributed by atoms with van der Waals surface area (Å²) in [6.07, 6.45) is 3.24. The van der Waals surface area contributed by atoms with E-state index in [4.69, 9.17) is 11.0 Å². The zero-order valence-corrected chi connectivity index (χ0v) is 12.6. The number of rotatable bonds is 3. The number of nitrogens with two attached hydrogens (primary N) is 1. The lowest BCUT2D eigenvalue weighted by molar-refractivity contribution is 0.373. The normalized spacial score (nSPS) is 22.6. The lowest BCUT2D eigenvalue weighted by atomic mass is 9.93. The largest absolute Gasteiger partial charge is 0.328 e. The van der Waals surface area contributed by atoms with Crippen LogP contribution in [-0.4, -0.2) is 20.5 Å². The first-order valence-electron chi connectivity index (χ1n) is 6.29. The third-order valence-corrected chi connectivity index (χ3v) is 4.92. The van der Waals surface area contributed by atoms with Crippen molar-refractivity contribution in [1.82, 2.24) is 4.72 Å². The van der Waals surface area contributed by atoms with Crippen molar-refractivity contribution in [3.05, 3.63) is 29.8 Å². The molecule has 0 aromatic heterocycles. The third kappa shape index (κ3) is 4.18. The maximum absolute atomic E-state index is 12.2. The Bertz CT molecular complexity index is 573. The minimum atomic E-state index is -3.50. The van der Waals surface area contributed by atoms with Gasteiger partial charge in [0.05, 0.1) is 16.5 Å². The molecule has 3 N–H and O–H groups in total. The Morgan fingerprint density at radius 3 is 2.20 bits per heavy atom. The maximum Gasteiger partial charge on any atom is 0.240 e. The second-order valence-corrected chi connectivity index (χ2v) is 6.58. The number of sulfonamides is 1. The van der Waals surface area contributed by atoms with Crippen LogP contribution in [0.2, 0.25) is 0 Å². The Morgan fingerprint density at radius 1 is 1.15 bits per heavy atom. The van der Waals surface area contributed by atoms with Gasteiger partial charge in [-0.15, -0.1) is 12.4 Å². The predicted octanol–water partition coefficient (Wildman–Crippen LogP) is 1.53. The zero-order chi connectivity index (χ0) is 13.9. The Kier molecular flexibility index (Phi) is 5.96. The van der Waals surface area contributed by atoms with Gasteiger partial charge in [0, 0.05) is 12.1 Å². The van der Waals surface area contributed by atoms with Gasteiger partial charge in [0.25, 0.3) is 0 Å². The van der Waals surface area contributed by atoms with Crippen LogP contribution in [0.15, 0.2) is 29.2 Å². The van der Waals surface area contributed by atoms with Gasteiger partial charge in [-0.1, -0.05) is 0 Å². The molecule has 0 saturated heterocycles. The molecule has 0 amide bonds. The van der Waals surface area contributed by atoms with Crippen LogP contribution < -0.4 is 10.5 Å². The minimum Gasteiger partial charge on any atom is -0.328 e. The van der Waals surface area contributed by atoms with Gasteiger partial charge in [-0.25, -0.2) is 13.1 Å². The Labute approximate surface area is 125 Å². The van der Waals surface area contributed by atoms with Gasteiger partial charge >= 0.3 is 0 Å². The van der Waals surface area contributed by atoms with Gasteiger partial charge in [0.1, 0.15) is 0 Å². The summed E-state index contributed by atoms with van der Waals surface area (Å²) in [7, 11) is -3.50. The van der Waals surface area contributed by atoms with E-state index < -0.39 is 10.0 Å². The van der Waals surface area contributed by atoms with E-state index in [1.807, 2.05) is 6.07 Å². The number of benzene rings is 1. The highest BCUT2D eigenvalue weighted by molar-refractivity contribution is 7.89. The molecule has 0 aliphatic heterocycles. The predicted molar refractivity (Wildman–Crippen MR) is 79.0 cm³/mol. The molecule has 5 nitrogen and oxygen atoms in total. The van der Waals surface area contributed by atoms with Crippen LogP contribution in [-0.2, 0) is 10.0 Å². The summed E-state index contributed by atoms with van der Waals surface area (Å²) in [5.74, 6) is 0. The first-order chi connectivity index (χ1) is 9.01. The highest BCUT2D eigenvalue weighted by atomic mass is 35.5. The number of nitrogens with one attached hydrogen (secondary N) is 1. The van der Waals surface area contributed by atoms with Crippen molar-refractivity contribution in [2.75, 3.05) is 0 Å². The second-order valence-electron chi connectivity index (χ2n) is 4.87. The van der Waals surface area contributed by atoms with Crippen molar-refractivity contribution in [2.45, 2.75) is 42.7 Å². The molecule has 1 saturated carbocycles. The standard InChI is InChI=1S/C13H17N3O2S.ClH/c14-9-10-1-7-13(8-2-10)19(17,18)16-12-5-3-11(15)4-6-12;/h1-2,7-8,11-12,16H,3-6,15H2;1H. The number of nitrogens with zero attached hydrogens (tertiary/aromatic N) is 1. The summed E-state index contributed by atoms with van der Waals surface area (Å²) in [4.78, 5) is 0.196. The Balaban J connectivity index is 0.00000200. The van der Waals surface area contributed by atoms with Crippen LogP contribution in [0.4, 0.5) is 0 Å². The molecular formula is C13H18ClN3O2S. The minimum absolute atomic E-state index is 0. The highest BCUT2D eigenvalue weighted by Crippen LogP contribution is 2.19. The molecule has 1 aromatic carbocycles. The summed E-state index contributed by atoms with van der Waals surface area (Å²) < 4.78 is 27.0. The molecular weight excluding hydrogens is 298 g/mol. The number of nitriles is 1. The van der Waals surface area contributed by atoms with E-state index in [-0.39, 0.29) is 29.4 Å². The highest BCUT2D eigenvalue weighted by Gasteiger charge is 2.24.